The van der Waals surface area contributed by atoms with E-state index >= 15 is 0 Å². The fraction of sp³-hybridized carbons (Fsp3) is 0.500. The number of aromatic carboxylic acids is 1. The van der Waals surface area contributed by atoms with Crippen LogP contribution in [-0.2, 0) is 9.47 Å². The molecule has 0 aliphatic rings. The minimum absolute atomic E-state index is 0.298. The van der Waals surface area contributed by atoms with Crippen molar-refractivity contribution in [1.29, 1.82) is 0 Å². The Balaban J connectivity index is 2.76. The minimum atomic E-state index is -0.912. The summed E-state index contributed by atoms with van der Waals surface area (Å²) in [7, 11) is 3.32. The Morgan fingerprint density at radius 2 is 1.95 bits per heavy atom. The first-order valence-corrected chi connectivity index (χ1v) is 6.25. The standard InChI is InChI=1S/C14H21NO4/c1-18-9-4-7-15(8-10-19-2)13-6-3-5-12(11-13)14(16)17/h3,5-6,11H,4,7-10H2,1-2H3,(H,16,17). The summed E-state index contributed by atoms with van der Waals surface area (Å²) in [5.41, 5.74) is 1.19. The number of rotatable bonds is 9. The molecule has 0 aliphatic carbocycles. The SMILES string of the molecule is COCCCN(CCOC)c1cccc(C(=O)O)c1. The maximum atomic E-state index is 11.0. The van der Waals surface area contributed by atoms with Crippen LogP contribution in [0.2, 0.25) is 0 Å². The van der Waals surface area contributed by atoms with Gasteiger partial charge in [0.15, 0.2) is 0 Å². The topological polar surface area (TPSA) is 59.0 Å². The second kappa shape index (κ2) is 8.50. The molecule has 5 heteroatoms. The van der Waals surface area contributed by atoms with E-state index in [1.165, 1.54) is 0 Å². The molecule has 0 saturated heterocycles. The van der Waals surface area contributed by atoms with Crippen molar-refractivity contribution in [3.63, 3.8) is 0 Å². The second-order valence-corrected chi connectivity index (χ2v) is 4.18. The van der Waals surface area contributed by atoms with Crippen molar-refractivity contribution >= 4 is 11.7 Å². The van der Waals surface area contributed by atoms with Crippen LogP contribution < -0.4 is 4.90 Å². The van der Waals surface area contributed by atoms with Crippen molar-refractivity contribution in [2.45, 2.75) is 6.42 Å². The van der Waals surface area contributed by atoms with Crippen molar-refractivity contribution in [1.82, 2.24) is 0 Å². The van der Waals surface area contributed by atoms with Crippen LogP contribution in [-0.4, -0.2) is 51.6 Å². The molecule has 19 heavy (non-hydrogen) atoms. The molecule has 1 N–H and O–H groups in total. The van der Waals surface area contributed by atoms with Gasteiger partial charge in [-0.3, -0.25) is 0 Å². The molecule has 1 rings (SSSR count). The van der Waals surface area contributed by atoms with Gasteiger partial charge in [0.1, 0.15) is 0 Å². The number of anilines is 1. The number of hydrogen-bond donors (Lipinski definition) is 1. The van der Waals surface area contributed by atoms with E-state index in [-0.39, 0.29) is 0 Å². The van der Waals surface area contributed by atoms with Gasteiger partial charge in [0.05, 0.1) is 12.2 Å². The highest BCUT2D eigenvalue weighted by molar-refractivity contribution is 5.88. The quantitative estimate of drug-likeness (QED) is 0.692. The molecule has 0 atom stereocenters. The Kier molecular flexibility index (Phi) is 6.92. The Hall–Kier alpha value is -1.59. The number of nitrogens with zero attached hydrogens (tertiary/aromatic N) is 1. The van der Waals surface area contributed by atoms with Crippen molar-refractivity contribution in [3.8, 4) is 0 Å². The van der Waals surface area contributed by atoms with Crippen LogP contribution in [0.4, 0.5) is 5.69 Å². The van der Waals surface area contributed by atoms with Crippen LogP contribution in [0.15, 0.2) is 24.3 Å². The first-order chi connectivity index (χ1) is 9.19. The molecule has 0 radical (unpaired) electrons. The van der Waals surface area contributed by atoms with E-state index in [2.05, 4.69) is 4.90 Å². The van der Waals surface area contributed by atoms with Gasteiger partial charge < -0.3 is 19.5 Å². The predicted octanol–water partition coefficient (Wildman–Crippen LogP) is 1.87. The summed E-state index contributed by atoms with van der Waals surface area (Å²) in [5.74, 6) is -0.912. The second-order valence-electron chi connectivity index (χ2n) is 4.18. The van der Waals surface area contributed by atoms with E-state index in [0.717, 1.165) is 25.2 Å². The van der Waals surface area contributed by atoms with E-state index in [1.807, 2.05) is 6.07 Å². The minimum Gasteiger partial charge on any atom is -0.478 e. The van der Waals surface area contributed by atoms with Crippen LogP contribution in [0.3, 0.4) is 0 Å². The normalized spacial score (nSPS) is 10.4. The lowest BCUT2D eigenvalue weighted by Crippen LogP contribution is -2.29. The van der Waals surface area contributed by atoms with Gasteiger partial charge >= 0.3 is 5.97 Å². The lowest BCUT2D eigenvalue weighted by atomic mass is 10.2. The Bertz CT molecular complexity index is 395. The maximum Gasteiger partial charge on any atom is 0.335 e. The predicted molar refractivity (Wildman–Crippen MR) is 74.0 cm³/mol. The molecule has 0 fully saturated rings. The third kappa shape index (κ3) is 5.28. The third-order valence-corrected chi connectivity index (χ3v) is 2.80. The molecule has 1 aromatic rings. The molecule has 0 heterocycles. The summed E-state index contributed by atoms with van der Waals surface area (Å²) < 4.78 is 10.1. The molecule has 1 aromatic carbocycles. The Morgan fingerprint density at radius 3 is 2.58 bits per heavy atom. The molecule has 0 bridgehead atoms. The van der Waals surface area contributed by atoms with E-state index in [4.69, 9.17) is 14.6 Å². The molecular formula is C14H21NO4. The van der Waals surface area contributed by atoms with Gasteiger partial charge in [-0.05, 0) is 24.6 Å². The van der Waals surface area contributed by atoms with E-state index in [9.17, 15) is 4.79 Å². The number of benzene rings is 1. The summed E-state index contributed by atoms with van der Waals surface area (Å²) in [6.45, 7) is 2.82. The van der Waals surface area contributed by atoms with Crippen molar-refractivity contribution in [2.75, 3.05) is 45.4 Å². The molecule has 0 unspecified atom stereocenters. The van der Waals surface area contributed by atoms with E-state index in [0.29, 0.717) is 18.8 Å². The summed E-state index contributed by atoms with van der Waals surface area (Å²) in [6, 6.07) is 6.95. The average molecular weight is 267 g/mol. The molecule has 0 saturated carbocycles. The zero-order valence-electron chi connectivity index (χ0n) is 11.5. The Morgan fingerprint density at radius 1 is 1.21 bits per heavy atom. The fourth-order valence-corrected chi connectivity index (χ4v) is 1.81. The number of methoxy groups -OCH3 is 2. The lowest BCUT2D eigenvalue weighted by molar-refractivity contribution is 0.0697. The molecule has 5 nitrogen and oxygen atoms in total. The van der Waals surface area contributed by atoms with Crippen molar-refractivity contribution in [3.05, 3.63) is 29.8 Å². The van der Waals surface area contributed by atoms with Crippen LogP contribution in [0.25, 0.3) is 0 Å². The highest BCUT2D eigenvalue weighted by atomic mass is 16.5. The fourth-order valence-electron chi connectivity index (χ4n) is 1.81. The molecule has 0 aromatic heterocycles. The van der Waals surface area contributed by atoms with Gasteiger partial charge in [-0.1, -0.05) is 6.07 Å². The van der Waals surface area contributed by atoms with Crippen LogP contribution in [0, 0.1) is 0 Å². The van der Waals surface area contributed by atoms with E-state index in [1.54, 1.807) is 32.4 Å². The van der Waals surface area contributed by atoms with Gasteiger partial charge in [-0.2, -0.15) is 0 Å². The van der Waals surface area contributed by atoms with Crippen LogP contribution in [0.1, 0.15) is 16.8 Å². The zero-order chi connectivity index (χ0) is 14.1. The molecule has 106 valence electrons. The zero-order valence-corrected chi connectivity index (χ0v) is 11.5. The monoisotopic (exact) mass is 267 g/mol. The van der Waals surface area contributed by atoms with Gasteiger partial charge in [0.25, 0.3) is 0 Å². The first kappa shape index (κ1) is 15.5. The van der Waals surface area contributed by atoms with Gasteiger partial charge in [0.2, 0.25) is 0 Å². The van der Waals surface area contributed by atoms with Crippen molar-refractivity contribution in [2.24, 2.45) is 0 Å². The molecule has 0 aliphatic heterocycles. The summed E-state index contributed by atoms with van der Waals surface area (Å²) in [5, 5.41) is 9.02. The highest BCUT2D eigenvalue weighted by Crippen LogP contribution is 2.16. The van der Waals surface area contributed by atoms with Gasteiger partial charge in [0, 0.05) is 39.6 Å². The summed E-state index contributed by atoms with van der Waals surface area (Å²) in [4.78, 5) is 13.1. The van der Waals surface area contributed by atoms with Crippen LogP contribution >= 0.6 is 0 Å². The van der Waals surface area contributed by atoms with Gasteiger partial charge in [-0.25, -0.2) is 4.79 Å². The first-order valence-electron chi connectivity index (χ1n) is 6.25. The molecular weight excluding hydrogens is 246 g/mol. The number of ether oxygens (including phenoxy) is 2. The number of hydrogen-bond acceptors (Lipinski definition) is 4. The molecule has 0 spiro atoms. The highest BCUT2D eigenvalue weighted by Gasteiger charge is 2.09. The third-order valence-electron chi connectivity index (χ3n) is 2.80. The number of carboxylic acid groups (broad SMARTS) is 1. The number of carbonyl (C=O) groups is 1. The summed E-state index contributed by atoms with van der Waals surface area (Å²) in [6.07, 6.45) is 0.886. The van der Waals surface area contributed by atoms with Crippen molar-refractivity contribution < 1.29 is 19.4 Å². The van der Waals surface area contributed by atoms with Crippen LogP contribution in [0.5, 0.6) is 0 Å². The Labute approximate surface area is 113 Å². The van der Waals surface area contributed by atoms with E-state index < -0.39 is 5.97 Å². The largest absolute Gasteiger partial charge is 0.478 e. The number of carboxylic acids is 1. The maximum absolute atomic E-state index is 11.0. The summed E-state index contributed by atoms with van der Waals surface area (Å²) >= 11 is 0. The molecule has 0 amide bonds. The van der Waals surface area contributed by atoms with Gasteiger partial charge in [-0.15, -0.1) is 0 Å². The lowest BCUT2D eigenvalue weighted by Gasteiger charge is -2.24. The smallest absolute Gasteiger partial charge is 0.335 e. The average Bonchev–Trinajstić information content (AvgIpc) is 2.43.